The van der Waals surface area contributed by atoms with E-state index in [-0.39, 0.29) is 17.5 Å². The summed E-state index contributed by atoms with van der Waals surface area (Å²) in [6.45, 7) is 16.1. The summed E-state index contributed by atoms with van der Waals surface area (Å²) >= 11 is 0. The van der Waals surface area contributed by atoms with Crippen molar-refractivity contribution < 1.29 is 9.53 Å². The summed E-state index contributed by atoms with van der Waals surface area (Å²) in [6.07, 6.45) is 16.6. The molecule has 1 unspecified atom stereocenters. The van der Waals surface area contributed by atoms with Gasteiger partial charge in [-0.2, -0.15) is 0 Å². The molecule has 32 heavy (non-hydrogen) atoms. The number of hydrogen-bond donors (Lipinski definition) is 0. The van der Waals surface area contributed by atoms with E-state index in [0.29, 0.717) is 17.3 Å². The van der Waals surface area contributed by atoms with Crippen molar-refractivity contribution >= 4 is 5.97 Å². The number of ether oxygens (including phenoxy) is 1. The van der Waals surface area contributed by atoms with Gasteiger partial charge in [-0.15, -0.1) is 0 Å². The van der Waals surface area contributed by atoms with Crippen LogP contribution < -0.4 is 0 Å². The number of fused-ring (bicyclic) bond motifs is 5. The second-order valence-corrected chi connectivity index (χ2v) is 12.7. The maximum Gasteiger partial charge on any atom is 0.302 e. The molecule has 180 valence electrons. The van der Waals surface area contributed by atoms with Gasteiger partial charge in [0.05, 0.1) is 0 Å². The maximum absolute atomic E-state index is 11.9. The molecule has 0 aromatic heterocycles. The normalized spacial score (nSPS) is 42.6. The van der Waals surface area contributed by atoms with Crippen LogP contribution in [0.2, 0.25) is 0 Å². The van der Waals surface area contributed by atoms with Gasteiger partial charge < -0.3 is 4.74 Å². The SMILES string of the molecule is CC(=O)OC1CCCC2=CC[C@H]3[C@@H]4CC[C@H]([C@H](C)C/C=C(\C)C(C)C)[C@@]4(C)CC[C@@H]3[C@]21C. The molecule has 0 heterocycles. The van der Waals surface area contributed by atoms with Crippen LogP contribution in [0.1, 0.15) is 106 Å². The Kier molecular flexibility index (Phi) is 6.74. The first-order chi connectivity index (χ1) is 15.1. The fraction of sp³-hybridized carbons (Fsp3) is 0.833. The van der Waals surface area contributed by atoms with Crippen molar-refractivity contribution in [2.45, 2.75) is 112 Å². The Morgan fingerprint density at radius 1 is 1.12 bits per heavy atom. The van der Waals surface area contributed by atoms with Gasteiger partial charge in [0.1, 0.15) is 6.10 Å². The highest BCUT2D eigenvalue weighted by Crippen LogP contribution is 2.67. The molecule has 0 spiro atoms. The van der Waals surface area contributed by atoms with Crippen molar-refractivity contribution in [1.82, 2.24) is 0 Å². The third kappa shape index (κ3) is 3.92. The van der Waals surface area contributed by atoms with Gasteiger partial charge >= 0.3 is 5.97 Å². The zero-order valence-corrected chi connectivity index (χ0v) is 21.9. The van der Waals surface area contributed by atoms with E-state index in [2.05, 4.69) is 53.7 Å². The van der Waals surface area contributed by atoms with Crippen LogP contribution in [-0.2, 0) is 9.53 Å². The maximum atomic E-state index is 11.9. The molecule has 8 atom stereocenters. The van der Waals surface area contributed by atoms with Crippen LogP contribution in [0.5, 0.6) is 0 Å². The minimum absolute atomic E-state index is 0.0645. The Labute approximate surface area is 197 Å². The fourth-order valence-electron chi connectivity index (χ4n) is 8.82. The lowest BCUT2D eigenvalue weighted by atomic mass is 9.46. The predicted molar refractivity (Wildman–Crippen MR) is 133 cm³/mol. The number of carbonyl (C=O) groups is 1. The van der Waals surface area contributed by atoms with Crippen molar-refractivity contribution in [2.75, 3.05) is 0 Å². The Balaban J connectivity index is 1.56. The molecule has 0 aliphatic heterocycles. The summed E-state index contributed by atoms with van der Waals surface area (Å²) in [6, 6.07) is 0. The van der Waals surface area contributed by atoms with Crippen LogP contribution in [0, 0.1) is 46.3 Å². The molecule has 2 nitrogen and oxygen atoms in total. The first kappa shape index (κ1) is 24.1. The van der Waals surface area contributed by atoms with Gasteiger partial charge in [0.25, 0.3) is 0 Å². The van der Waals surface area contributed by atoms with E-state index in [9.17, 15) is 4.79 Å². The van der Waals surface area contributed by atoms with E-state index >= 15 is 0 Å². The first-order valence-corrected chi connectivity index (χ1v) is 13.6. The third-order valence-electron chi connectivity index (χ3n) is 10.9. The largest absolute Gasteiger partial charge is 0.462 e. The predicted octanol–water partition coefficient (Wildman–Crippen LogP) is 8.13. The summed E-state index contributed by atoms with van der Waals surface area (Å²) in [4.78, 5) is 11.9. The molecule has 3 saturated carbocycles. The molecule has 0 aromatic rings. The minimum Gasteiger partial charge on any atom is -0.462 e. The highest BCUT2D eigenvalue weighted by Gasteiger charge is 2.61. The van der Waals surface area contributed by atoms with Gasteiger partial charge in [-0.05, 0) is 106 Å². The molecule has 0 aromatic carbocycles. The van der Waals surface area contributed by atoms with Gasteiger partial charge in [0.15, 0.2) is 0 Å². The van der Waals surface area contributed by atoms with Crippen LogP contribution in [0.25, 0.3) is 0 Å². The van der Waals surface area contributed by atoms with Crippen LogP contribution in [-0.4, -0.2) is 12.1 Å². The van der Waals surface area contributed by atoms with Crippen molar-refractivity contribution in [3.05, 3.63) is 23.3 Å². The van der Waals surface area contributed by atoms with Crippen LogP contribution in [0.4, 0.5) is 0 Å². The van der Waals surface area contributed by atoms with Gasteiger partial charge in [-0.1, -0.05) is 57.9 Å². The summed E-state index contributed by atoms with van der Waals surface area (Å²) in [5.41, 5.74) is 3.70. The standard InChI is InChI=1S/C30H48O2/c1-19(2)20(3)11-12-21(4)25-15-16-26-24-14-13-23-9-8-10-28(32-22(5)31)30(23,7)27(24)17-18-29(25,26)6/h11,13,19,21,24-28H,8-10,12,14-18H2,1-7H3/b20-11+/t21-,24+,25-,26+,27+,28?,29-,30+/m1/s1. The molecule has 2 heteroatoms. The van der Waals surface area contributed by atoms with Crippen LogP contribution in [0.15, 0.2) is 23.3 Å². The Morgan fingerprint density at radius 3 is 2.56 bits per heavy atom. The zero-order chi connectivity index (χ0) is 23.3. The molecule has 0 N–H and O–H groups in total. The topological polar surface area (TPSA) is 26.3 Å². The summed E-state index contributed by atoms with van der Waals surface area (Å²) in [5, 5.41) is 0. The van der Waals surface area contributed by atoms with Gasteiger partial charge in [0.2, 0.25) is 0 Å². The number of esters is 1. The van der Waals surface area contributed by atoms with Gasteiger partial charge in [-0.3, -0.25) is 4.79 Å². The van der Waals surface area contributed by atoms with Crippen molar-refractivity contribution in [1.29, 1.82) is 0 Å². The van der Waals surface area contributed by atoms with Crippen molar-refractivity contribution in [3.63, 3.8) is 0 Å². The average molecular weight is 441 g/mol. The molecule has 4 rings (SSSR count). The number of allylic oxidation sites excluding steroid dienone is 3. The molecule has 3 fully saturated rings. The minimum atomic E-state index is -0.0975. The third-order valence-corrected chi connectivity index (χ3v) is 10.9. The van der Waals surface area contributed by atoms with E-state index in [0.717, 1.165) is 30.1 Å². The molecule has 0 bridgehead atoms. The molecular formula is C30H48O2. The lowest BCUT2D eigenvalue weighted by Crippen LogP contribution is -2.55. The van der Waals surface area contributed by atoms with E-state index in [4.69, 9.17) is 4.74 Å². The van der Waals surface area contributed by atoms with Crippen molar-refractivity contribution in [2.24, 2.45) is 46.3 Å². The highest BCUT2D eigenvalue weighted by atomic mass is 16.5. The Morgan fingerprint density at radius 2 is 1.88 bits per heavy atom. The smallest absolute Gasteiger partial charge is 0.302 e. The second kappa shape index (κ2) is 8.95. The molecule has 4 aliphatic carbocycles. The van der Waals surface area contributed by atoms with Crippen molar-refractivity contribution in [3.8, 4) is 0 Å². The van der Waals surface area contributed by atoms with E-state index < -0.39 is 0 Å². The van der Waals surface area contributed by atoms with Gasteiger partial charge in [-0.25, -0.2) is 0 Å². The lowest BCUT2D eigenvalue weighted by molar-refractivity contribution is -0.162. The van der Waals surface area contributed by atoms with E-state index in [1.165, 1.54) is 51.4 Å². The molecule has 0 saturated heterocycles. The fourth-order valence-corrected chi connectivity index (χ4v) is 8.82. The Bertz CT molecular complexity index is 776. The molecule has 0 radical (unpaired) electrons. The summed E-state index contributed by atoms with van der Waals surface area (Å²) < 4.78 is 6.00. The van der Waals surface area contributed by atoms with Crippen LogP contribution in [0.3, 0.4) is 0 Å². The number of rotatable bonds is 5. The van der Waals surface area contributed by atoms with E-state index in [1.54, 1.807) is 18.1 Å². The monoisotopic (exact) mass is 440 g/mol. The van der Waals surface area contributed by atoms with Crippen LogP contribution >= 0.6 is 0 Å². The highest BCUT2D eigenvalue weighted by molar-refractivity contribution is 5.66. The Hall–Kier alpha value is -1.05. The quantitative estimate of drug-likeness (QED) is 0.318. The average Bonchev–Trinajstić information content (AvgIpc) is 3.09. The molecule has 0 amide bonds. The van der Waals surface area contributed by atoms with Gasteiger partial charge in [0, 0.05) is 12.3 Å². The first-order valence-electron chi connectivity index (χ1n) is 13.6. The lowest BCUT2D eigenvalue weighted by Gasteiger charge is -2.59. The van der Waals surface area contributed by atoms with E-state index in [1.807, 2.05) is 0 Å². The molecule has 4 aliphatic rings. The summed E-state index contributed by atoms with van der Waals surface area (Å²) in [5.74, 6) is 4.46. The molecular weight excluding hydrogens is 392 g/mol. The number of hydrogen-bond acceptors (Lipinski definition) is 2. The number of carbonyl (C=O) groups excluding carboxylic acids is 1. The summed E-state index contributed by atoms with van der Waals surface area (Å²) in [7, 11) is 0. The zero-order valence-electron chi connectivity index (χ0n) is 21.9. The second-order valence-electron chi connectivity index (χ2n) is 12.7.